The molecule has 7 aromatic carbocycles. The van der Waals surface area contributed by atoms with Crippen LogP contribution in [0.15, 0.2) is 121 Å². The molecule has 0 N–H and O–H groups in total. The number of aromatic nitrogens is 4. The number of rotatable bonds is 6. The number of nitrogens with zero attached hydrogens (tertiary/aromatic N) is 4. The molecule has 0 bridgehead atoms. The molecular formula is C52H42N4OS2. The van der Waals surface area contributed by atoms with E-state index in [0.717, 1.165) is 61.2 Å². The average Bonchev–Trinajstić information content (AvgIpc) is 4.02. The van der Waals surface area contributed by atoms with Crippen molar-refractivity contribution in [1.29, 1.82) is 0 Å². The molecule has 2 aromatic heterocycles. The van der Waals surface area contributed by atoms with Crippen LogP contribution in [0.1, 0.15) is 69.4 Å². The first-order chi connectivity index (χ1) is 28.5. The van der Waals surface area contributed by atoms with Crippen molar-refractivity contribution >= 4 is 45.5 Å². The molecule has 2 heterocycles. The molecule has 0 saturated heterocycles. The van der Waals surface area contributed by atoms with Crippen LogP contribution in [-0.4, -0.2) is 23.6 Å². The number of benzene rings is 7. The normalized spacial score (nSPS) is 14.4. The second-order valence-corrected chi connectivity index (χ2v) is 18.6. The molecule has 0 atom stereocenters. The third kappa shape index (κ3) is 5.48. The molecule has 2 aliphatic carbocycles. The third-order valence-electron chi connectivity index (χ3n) is 12.9. The fourth-order valence-corrected chi connectivity index (χ4v) is 10.9. The van der Waals surface area contributed by atoms with Gasteiger partial charge in [0.1, 0.15) is 27.8 Å². The molecule has 0 aliphatic heterocycles. The molecule has 0 saturated carbocycles. The first-order valence-electron chi connectivity index (χ1n) is 20.3. The van der Waals surface area contributed by atoms with Crippen LogP contribution in [0.25, 0.3) is 88.8 Å². The molecule has 7 heteroatoms. The summed E-state index contributed by atoms with van der Waals surface area (Å²) >= 11 is 2.57. The smallest absolute Gasteiger partial charge is 0.119 e. The lowest BCUT2D eigenvalue weighted by Crippen LogP contribution is -2.15. The van der Waals surface area contributed by atoms with Crippen molar-refractivity contribution in [2.24, 2.45) is 0 Å². The molecule has 0 radical (unpaired) electrons. The van der Waals surface area contributed by atoms with Crippen LogP contribution in [0.2, 0.25) is 0 Å². The van der Waals surface area contributed by atoms with Gasteiger partial charge in [0.2, 0.25) is 0 Å². The number of fused-ring (bicyclic) bond motifs is 8. The van der Waals surface area contributed by atoms with E-state index in [1.165, 1.54) is 84.7 Å². The second-order valence-electron chi connectivity index (χ2n) is 17.5. The van der Waals surface area contributed by atoms with Crippen LogP contribution in [0.3, 0.4) is 0 Å². The zero-order chi connectivity index (χ0) is 40.4. The quantitative estimate of drug-likeness (QED) is 0.168. The largest absolute Gasteiger partial charge is 0.491 e. The van der Waals surface area contributed by atoms with Crippen LogP contribution in [-0.2, 0) is 10.8 Å². The summed E-state index contributed by atoms with van der Waals surface area (Å²) in [5.74, 6) is 0.897. The topological polar surface area (TPSA) is 60.8 Å². The Bertz CT molecular complexity index is 3190. The Morgan fingerprint density at radius 1 is 0.407 bits per heavy atom. The summed E-state index contributed by atoms with van der Waals surface area (Å²) in [6.07, 6.45) is 0.150. The number of hydrogen-bond donors (Lipinski definition) is 0. The van der Waals surface area contributed by atoms with Crippen LogP contribution in [0, 0.1) is 6.92 Å². The number of aryl methyl sites for hydroxylation is 1. The van der Waals surface area contributed by atoms with E-state index in [2.05, 4.69) is 179 Å². The fraction of sp³-hybridized carbons (Fsp3) is 0.192. The maximum Gasteiger partial charge on any atom is 0.119 e. The standard InChI is InChI=1S/C52H42N4OS2/c1-28(2)57-35-15-9-30(10-16-35)31-11-18-39-40-20-13-33(26-44(40)51(4,5)43(39)24-31)37-22-23-38(50-49(37)55-59-56-50)34-14-21-42-41-19-12-32(25-45(41)52(6,7)46(42)27-34)36-17-8-29(3)47-48(36)54-58-53-47/h8-28H,1-7H3. The van der Waals surface area contributed by atoms with Crippen molar-refractivity contribution in [3.05, 3.63) is 149 Å². The van der Waals surface area contributed by atoms with Gasteiger partial charge in [0.05, 0.1) is 29.6 Å². The summed E-state index contributed by atoms with van der Waals surface area (Å²) in [5.41, 5.74) is 24.4. The van der Waals surface area contributed by atoms with Crippen LogP contribution in [0.5, 0.6) is 5.75 Å². The van der Waals surface area contributed by atoms with Crippen LogP contribution in [0.4, 0.5) is 0 Å². The molecule has 11 rings (SSSR count). The summed E-state index contributed by atoms with van der Waals surface area (Å²) < 4.78 is 25.0. The Morgan fingerprint density at radius 3 is 1.19 bits per heavy atom. The zero-order valence-corrected chi connectivity index (χ0v) is 35.8. The van der Waals surface area contributed by atoms with Gasteiger partial charge in [-0.15, -0.1) is 0 Å². The molecule has 0 amide bonds. The van der Waals surface area contributed by atoms with Crippen molar-refractivity contribution in [2.45, 2.75) is 65.4 Å². The van der Waals surface area contributed by atoms with Gasteiger partial charge in [0.15, 0.2) is 0 Å². The molecule has 0 spiro atoms. The zero-order valence-electron chi connectivity index (χ0n) is 34.1. The molecule has 288 valence electrons. The highest BCUT2D eigenvalue weighted by Crippen LogP contribution is 2.53. The van der Waals surface area contributed by atoms with Gasteiger partial charge in [-0.2, -0.15) is 17.5 Å². The molecule has 9 aromatic rings. The van der Waals surface area contributed by atoms with Gasteiger partial charge in [-0.05, 0) is 135 Å². The van der Waals surface area contributed by atoms with Crippen molar-refractivity contribution in [3.8, 4) is 72.5 Å². The lowest BCUT2D eigenvalue weighted by Gasteiger charge is -2.23. The molecule has 2 aliphatic rings. The van der Waals surface area contributed by atoms with E-state index in [4.69, 9.17) is 13.5 Å². The molecule has 5 nitrogen and oxygen atoms in total. The van der Waals surface area contributed by atoms with Crippen molar-refractivity contribution in [3.63, 3.8) is 0 Å². The summed E-state index contributed by atoms with van der Waals surface area (Å²) in [7, 11) is 0. The molecule has 0 unspecified atom stereocenters. The van der Waals surface area contributed by atoms with E-state index >= 15 is 0 Å². The number of ether oxygens (including phenoxy) is 1. The van der Waals surface area contributed by atoms with E-state index in [1.807, 2.05) is 0 Å². The first kappa shape index (κ1) is 36.1. The van der Waals surface area contributed by atoms with Crippen molar-refractivity contribution in [2.75, 3.05) is 0 Å². The number of hydrogen-bond acceptors (Lipinski definition) is 7. The van der Waals surface area contributed by atoms with Crippen LogP contribution >= 0.6 is 23.5 Å². The summed E-state index contributed by atoms with van der Waals surface area (Å²) in [5, 5.41) is 0. The minimum absolute atomic E-state index is 0.150. The highest BCUT2D eigenvalue weighted by atomic mass is 32.1. The van der Waals surface area contributed by atoms with E-state index in [1.54, 1.807) is 0 Å². The van der Waals surface area contributed by atoms with E-state index in [9.17, 15) is 0 Å². The summed E-state index contributed by atoms with van der Waals surface area (Å²) in [4.78, 5) is 0. The molecule has 59 heavy (non-hydrogen) atoms. The van der Waals surface area contributed by atoms with E-state index < -0.39 is 0 Å². The van der Waals surface area contributed by atoms with Gasteiger partial charge in [-0.3, -0.25) is 0 Å². The maximum absolute atomic E-state index is 5.90. The Labute approximate surface area is 353 Å². The Hall–Kier alpha value is -6.02. The van der Waals surface area contributed by atoms with Crippen LogP contribution < -0.4 is 4.74 Å². The Morgan fingerprint density at radius 2 is 0.746 bits per heavy atom. The lowest BCUT2D eigenvalue weighted by atomic mass is 9.80. The Kier molecular flexibility index (Phi) is 7.95. The van der Waals surface area contributed by atoms with E-state index in [-0.39, 0.29) is 16.9 Å². The van der Waals surface area contributed by atoms with Gasteiger partial charge in [-0.1, -0.05) is 113 Å². The minimum Gasteiger partial charge on any atom is -0.491 e. The SMILES string of the molecule is Cc1ccc(-c2ccc3c(c2)C(C)(C)c2cc(-c4ccc(-c5ccc6c(c5)C(C)(C)c5cc(-c7ccc(OC(C)C)cc7)ccc5-6)c5nsnc45)ccc2-3)c2nsnc12. The highest BCUT2D eigenvalue weighted by Gasteiger charge is 2.38. The van der Waals surface area contributed by atoms with Crippen molar-refractivity contribution in [1.82, 2.24) is 17.5 Å². The first-order valence-corrected chi connectivity index (χ1v) is 21.8. The minimum atomic E-state index is -0.192. The lowest BCUT2D eigenvalue weighted by molar-refractivity contribution is 0.242. The van der Waals surface area contributed by atoms with Gasteiger partial charge < -0.3 is 4.74 Å². The highest BCUT2D eigenvalue weighted by molar-refractivity contribution is 7.00. The van der Waals surface area contributed by atoms with Gasteiger partial charge in [0.25, 0.3) is 0 Å². The van der Waals surface area contributed by atoms with Gasteiger partial charge in [-0.25, -0.2) is 0 Å². The molecule has 0 fully saturated rings. The molecular weight excluding hydrogens is 761 g/mol. The monoisotopic (exact) mass is 802 g/mol. The van der Waals surface area contributed by atoms with Gasteiger partial charge >= 0.3 is 0 Å². The summed E-state index contributed by atoms with van der Waals surface area (Å²) in [6.45, 7) is 15.6. The Balaban J connectivity index is 0.923. The predicted molar refractivity (Wildman–Crippen MR) is 246 cm³/mol. The predicted octanol–water partition coefficient (Wildman–Crippen LogP) is 14.1. The van der Waals surface area contributed by atoms with Crippen molar-refractivity contribution < 1.29 is 4.74 Å². The average molecular weight is 803 g/mol. The maximum atomic E-state index is 5.90. The van der Waals surface area contributed by atoms with E-state index in [0.29, 0.717) is 0 Å². The third-order valence-corrected chi connectivity index (χ3v) is 13.9. The fourth-order valence-electron chi connectivity index (χ4n) is 9.71. The van der Waals surface area contributed by atoms with Gasteiger partial charge in [0, 0.05) is 27.5 Å². The summed E-state index contributed by atoms with van der Waals surface area (Å²) in [6, 6.07) is 45.0. The second kappa shape index (κ2) is 13.0.